The smallest absolute Gasteiger partial charge is 0.276 e. The zero-order chi connectivity index (χ0) is 14.3. The quantitative estimate of drug-likeness (QED) is 0.316. The molecule has 0 aliphatic heterocycles. The number of nitrogen functional groups attached to an aromatic ring is 1. The van der Waals surface area contributed by atoms with Crippen molar-refractivity contribution in [2.45, 2.75) is 19.8 Å². The Morgan fingerprint density at radius 1 is 1.53 bits per heavy atom. The second kappa shape index (κ2) is 7.49. The van der Waals surface area contributed by atoms with Crippen LogP contribution in [0, 0.1) is 16.0 Å². The van der Waals surface area contributed by atoms with Crippen molar-refractivity contribution in [1.82, 2.24) is 4.98 Å². The standard InChI is InChI=1S/C11H19N5O3/c1-2-8(3-4-17)7-13-10-5-9(16(18)19)6-11(14-10)15-12/h5-6,8,17H,2-4,7,12H2,1H3,(H2,13,14,15). The molecule has 0 saturated heterocycles. The number of hydrazine groups is 1. The molecule has 5 N–H and O–H groups in total. The van der Waals surface area contributed by atoms with Crippen LogP contribution < -0.4 is 16.6 Å². The van der Waals surface area contributed by atoms with E-state index in [2.05, 4.69) is 15.7 Å². The summed E-state index contributed by atoms with van der Waals surface area (Å²) in [5, 5.41) is 22.7. The van der Waals surface area contributed by atoms with E-state index in [0.717, 1.165) is 6.42 Å². The minimum absolute atomic E-state index is 0.0827. The zero-order valence-electron chi connectivity index (χ0n) is 10.8. The van der Waals surface area contributed by atoms with Crippen molar-refractivity contribution in [1.29, 1.82) is 0 Å². The van der Waals surface area contributed by atoms with Crippen molar-refractivity contribution in [3.8, 4) is 0 Å². The summed E-state index contributed by atoms with van der Waals surface area (Å²) >= 11 is 0. The van der Waals surface area contributed by atoms with Gasteiger partial charge in [0, 0.05) is 13.2 Å². The van der Waals surface area contributed by atoms with E-state index < -0.39 is 4.92 Å². The van der Waals surface area contributed by atoms with Crippen LogP contribution in [0.15, 0.2) is 12.1 Å². The summed E-state index contributed by atoms with van der Waals surface area (Å²) < 4.78 is 0. The van der Waals surface area contributed by atoms with E-state index >= 15 is 0 Å². The first kappa shape index (κ1) is 15.1. The largest absolute Gasteiger partial charge is 0.396 e. The molecule has 1 heterocycles. The van der Waals surface area contributed by atoms with Gasteiger partial charge in [0.1, 0.15) is 11.6 Å². The molecule has 0 radical (unpaired) electrons. The first-order valence-electron chi connectivity index (χ1n) is 6.08. The van der Waals surface area contributed by atoms with Gasteiger partial charge in [-0.2, -0.15) is 0 Å². The Labute approximate surface area is 111 Å². The van der Waals surface area contributed by atoms with Crippen molar-refractivity contribution in [3.63, 3.8) is 0 Å². The number of nitrogens with one attached hydrogen (secondary N) is 2. The molecule has 1 aromatic heterocycles. The van der Waals surface area contributed by atoms with Crippen LogP contribution in [0.25, 0.3) is 0 Å². The fourth-order valence-corrected chi connectivity index (χ4v) is 1.67. The number of nitro groups is 1. The molecule has 0 spiro atoms. The van der Waals surface area contributed by atoms with Crippen LogP contribution in [0.3, 0.4) is 0 Å². The van der Waals surface area contributed by atoms with E-state index in [4.69, 9.17) is 10.9 Å². The minimum Gasteiger partial charge on any atom is -0.396 e. The van der Waals surface area contributed by atoms with Crippen molar-refractivity contribution in [2.75, 3.05) is 23.9 Å². The fourth-order valence-electron chi connectivity index (χ4n) is 1.67. The molecule has 8 nitrogen and oxygen atoms in total. The second-order valence-electron chi connectivity index (χ2n) is 4.16. The van der Waals surface area contributed by atoms with Gasteiger partial charge in [-0.15, -0.1) is 0 Å². The van der Waals surface area contributed by atoms with Crippen LogP contribution in [0.5, 0.6) is 0 Å². The molecular formula is C11H19N5O3. The van der Waals surface area contributed by atoms with Gasteiger partial charge in [-0.1, -0.05) is 13.3 Å². The topological polar surface area (TPSA) is 126 Å². The van der Waals surface area contributed by atoms with Gasteiger partial charge in [-0.3, -0.25) is 10.1 Å². The van der Waals surface area contributed by atoms with Gasteiger partial charge in [0.2, 0.25) is 0 Å². The average Bonchev–Trinajstić information content (AvgIpc) is 2.42. The Balaban J connectivity index is 2.76. The van der Waals surface area contributed by atoms with Crippen molar-refractivity contribution in [2.24, 2.45) is 11.8 Å². The summed E-state index contributed by atoms with van der Waals surface area (Å²) in [6.07, 6.45) is 1.59. The maximum Gasteiger partial charge on any atom is 0.276 e. The SMILES string of the molecule is CCC(CCO)CNc1cc([N+](=O)[O-])cc(NN)n1. The Hall–Kier alpha value is -1.93. The summed E-state index contributed by atoms with van der Waals surface area (Å²) in [6, 6.07) is 2.61. The highest BCUT2D eigenvalue weighted by Gasteiger charge is 2.12. The molecule has 1 rings (SSSR count). The molecule has 1 unspecified atom stereocenters. The monoisotopic (exact) mass is 269 g/mol. The maximum absolute atomic E-state index is 10.8. The molecule has 106 valence electrons. The van der Waals surface area contributed by atoms with E-state index in [1.807, 2.05) is 6.92 Å². The summed E-state index contributed by atoms with van der Waals surface area (Å²) in [4.78, 5) is 14.4. The van der Waals surface area contributed by atoms with E-state index in [-0.39, 0.29) is 18.1 Å². The molecule has 0 bridgehead atoms. The van der Waals surface area contributed by atoms with Crippen LogP contribution in [-0.2, 0) is 0 Å². The third-order valence-electron chi connectivity index (χ3n) is 2.86. The Bertz CT molecular complexity index is 427. The van der Waals surface area contributed by atoms with Gasteiger partial charge in [0.05, 0.1) is 17.1 Å². The Kier molecular flexibility index (Phi) is 5.97. The predicted molar refractivity (Wildman–Crippen MR) is 72.7 cm³/mol. The number of aliphatic hydroxyl groups excluding tert-OH is 1. The lowest BCUT2D eigenvalue weighted by atomic mass is 10.0. The van der Waals surface area contributed by atoms with Gasteiger partial charge >= 0.3 is 0 Å². The molecule has 19 heavy (non-hydrogen) atoms. The normalized spacial score (nSPS) is 11.9. The van der Waals surface area contributed by atoms with Gasteiger partial charge in [-0.05, 0) is 12.3 Å². The molecule has 0 aliphatic carbocycles. The third kappa shape index (κ3) is 4.68. The highest BCUT2D eigenvalue weighted by atomic mass is 16.6. The number of pyridine rings is 1. The van der Waals surface area contributed by atoms with E-state index in [9.17, 15) is 10.1 Å². The lowest BCUT2D eigenvalue weighted by Gasteiger charge is -2.15. The molecule has 1 atom stereocenters. The Morgan fingerprint density at radius 3 is 2.74 bits per heavy atom. The van der Waals surface area contributed by atoms with E-state index in [1.54, 1.807) is 0 Å². The number of nitrogens with zero attached hydrogens (tertiary/aromatic N) is 2. The summed E-state index contributed by atoms with van der Waals surface area (Å²) in [7, 11) is 0. The highest BCUT2D eigenvalue weighted by molar-refractivity contribution is 5.54. The number of aromatic nitrogens is 1. The first-order valence-corrected chi connectivity index (χ1v) is 6.08. The van der Waals surface area contributed by atoms with Gasteiger partial charge in [-0.25, -0.2) is 10.8 Å². The van der Waals surface area contributed by atoms with Crippen molar-refractivity contribution >= 4 is 17.3 Å². The molecule has 0 aliphatic rings. The number of hydrogen-bond acceptors (Lipinski definition) is 7. The molecular weight excluding hydrogens is 250 g/mol. The lowest BCUT2D eigenvalue weighted by molar-refractivity contribution is -0.384. The summed E-state index contributed by atoms with van der Waals surface area (Å²) in [5.74, 6) is 6.13. The van der Waals surface area contributed by atoms with Crippen molar-refractivity contribution in [3.05, 3.63) is 22.2 Å². The second-order valence-corrected chi connectivity index (χ2v) is 4.16. The van der Waals surface area contributed by atoms with Gasteiger partial charge in [0.25, 0.3) is 5.69 Å². The molecule has 0 fully saturated rings. The molecule has 8 heteroatoms. The molecule has 0 amide bonds. The number of hydrogen-bond donors (Lipinski definition) is 4. The number of rotatable bonds is 8. The van der Waals surface area contributed by atoms with Crippen LogP contribution in [-0.4, -0.2) is 28.2 Å². The molecule has 0 saturated carbocycles. The average molecular weight is 269 g/mol. The zero-order valence-corrected chi connectivity index (χ0v) is 10.8. The third-order valence-corrected chi connectivity index (χ3v) is 2.86. The van der Waals surface area contributed by atoms with Gasteiger partial charge in [0.15, 0.2) is 0 Å². The fraction of sp³-hybridized carbons (Fsp3) is 0.545. The number of nitrogens with two attached hydrogens (primary N) is 1. The molecule has 0 aromatic carbocycles. The maximum atomic E-state index is 10.8. The Morgan fingerprint density at radius 2 is 2.21 bits per heavy atom. The van der Waals surface area contributed by atoms with Crippen molar-refractivity contribution < 1.29 is 10.0 Å². The summed E-state index contributed by atoms with van der Waals surface area (Å²) in [5.41, 5.74) is 2.21. The first-order chi connectivity index (χ1) is 9.10. The van der Waals surface area contributed by atoms with Crippen LogP contribution in [0.4, 0.5) is 17.3 Å². The van der Waals surface area contributed by atoms with Crippen LogP contribution in [0.2, 0.25) is 0 Å². The van der Waals surface area contributed by atoms with Crippen LogP contribution >= 0.6 is 0 Å². The highest BCUT2D eigenvalue weighted by Crippen LogP contribution is 2.20. The van der Waals surface area contributed by atoms with Crippen LogP contribution in [0.1, 0.15) is 19.8 Å². The summed E-state index contributed by atoms with van der Waals surface area (Å²) in [6.45, 7) is 2.74. The molecule has 1 aromatic rings. The number of aliphatic hydroxyl groups is 1. The number of anilines is 2. The van der Waals surface area contributed by atoms with E-state index in [0.29, 0.717) is 24.7 Å². The lowest BCUT2D eigenvalue weighted by Crippen LogP contribution is -2.16. The minimum atomic E-state index is -0.501. The van der Waals surface area contributed by atoms with E-state index in [1.165, 1.54) is 12.1 Å². The van der Waals surface area contributed by atoms with Gasteiger partial charge < -0.3 is 15.8 Å². The predicted octanol–water partition coefficient (Wildman–Crippen LogP) is 1.10.